The Morgan fingerprint density at radius 3 is 2.62 bits per heavy atom. The maximum Gasteiger partial charge on any atom is 0.250 e. The molecule has 1 aliphatic rings. The lowest BCUT2D eigenvalue weighted by Gasteiger charge is -2.10. The molecule has 86 valence electrons. The van der Waals surface area contributed by atoms with Crippen LogP contribution in [0.15, 0.2) is 23.1 Å². The predicted molar refractivity (Wildman–Crippen MR) is 67.5 cm³/mol. The van der Waals surface area contributed by atoms with Crippen molar-refractivity contribution in [1.82, 2.24) is 0 Å². The Labute approximate surface area is 99.6 Å². The SMILES string of the molecule is NC(=O)c1cc(SC2CCCC2)ccc1N. The van der Waals surface area contributed by atoms with Crippen molar-refractivity contribution in [2.24, 2.45) is 5.73 Å². The number of amides is 1. The van der Waals surface area contributed by atoms with Crippen LogP contribution in [0.4, 0.5) is 5.69 Å². The maximum absolute atomic E-state index is 11.1. The molecule has 1 aromatic rings. The summed E-state index contributed by atoms with van der Waals surface area (Å²) in [7, 11) is 0. The fourth-order valence-electron chi connectivity index (χ4n) is 2.02. The zero-order valence-corrected chi connectivity index (χ0v) is 9.93. The van der Waals surface area contributed by atoms with Crippen LogP contribution in [0.1, 0.15) is 36.0 Å². The summed E-state index contributed by atoms with van der Waals surface area (Å²) >= 11 is 1.83. The lowest BCUT2D eigenvalue weighted by atomic mass is 10.2. The van der Waals surface area contributed by atoms with Gasteiger partial charge in [-0.3, -0.25) is 4.79 Å². The van der Waals surface area contributed by atoms with Gasteiger partial charge in [0.15, 0.2) is 0 Å². The summed E-state index contributed by atoms with van der Waals surface area (Å²) in [6.45, 7) is 0. The van der Waals surface area contributed by atoms with E-state index in [0.29, 0.717) is 16.5 Å². The minimum absolute atomic E-state index is 0.433. The number of nitrogen functional groups attached to an aromatic ring is 1. The molecule has 0 atom stereocenters. The van der Waals surface area contributed by atoms with E-state index in [9.17, 15) is 4.79 Å². The Morgan fingerprint density at radius 2 is 2.00 bits per heavy atom. The van der Waals surface area contributed by atoms with E-state index in [1.807, 2.05) is 17.8 Å². The standard InChI is InChI=1S/C12H16N2OS/c13-11-6-5-9(7-10(11)12(14)15)16-8-3-1-2-4-8/h5-8H,1-4,13H2,(H2,14,15). The lowest BCUT2D eigenvalue weighted by Crippen LogP contribution is -2.13. The third-order valence-electron chi connectivity index (χ3n) is 2.90. The molecule has 0 heterocycles. The van der Waals surface area contributed by atoms with E-state index in [1.54, 1.807) is 12.1 Å². The first-order chi connectivity index (χ1) is 7.66. The Hall–Kier alpha value is -1.16. The van der Waals surface area contributed by atoms with Crippen molar-refractivity contribution in [3.8, 4) is 0 Å². The van der Waals surface area contributed by atoms with E-state index >= 15 is 0 Å². The maximum atomic E-state index is 11.1. The molecule has 0 radical (unpaired) electrons. The number of hydrogen-bond acceptors (Lipinski definition) is 3. The molecular weight excluding hydrogens is 220 g/mol. The minimum Gasteiger partial charge on any atom is -0.398 e. The number of hydrogen-bond donors (Lipinski definition) is 2. The Kier molecular flexibility index (Phi) is 3.39. The first-order valence-corrected chi connectivity index (χ1v) is 6.41. The number of benzene rings is 1. The van der Waals surface area contributed by atoms with E-state index in [4.69, 9.17) is 11.5 Å². The van der Waals surface area contributed by atoms with Crippen LogP contribution in [-0.2, 0) is 0 Å². The molecule has 1 aromatic carbocycles. The minimum atomic E-state index is -0.452. The van der Waals surface area contributed by atoms with Gasteiger partial charge in [0.25, 0.3) is 5.91 Å². The largest absolute Gasteiger partial charge is 0.398 e. The van der Waals surface area contributed by atoms with E-state index in [2.05, 4.69) is 0 Å². The van der Waals surface area contributed by atoms with Crippen LogP contribution >= 0.6 is 11.8 Å². The van der Waals surface area contributed by atoms with Gasteiger partial charge < -0.3 is 11.5 Å². The van der Waals surface area contributed by atoms with Crippen molar-refractivity contribution in [1.29, 1.82) is 0 Å². The van der Waals surface area contributed by atoms with Crippen LogP contribution in [0, 0.1) is 0 Å². The Balaban J connectivity index is 2.15. The van der Waals surface area contributed by atoms with Crippen molar-refractivity contribution in [2.45, 2.75) is 35.8 Å². The molecule has 1 fully saturated rings. The number of primary amides is 1. The zero-order valence-electron chi connectivity index (χ0n) is 9.11. The topological polar surface area (TPSA) is 69.1 Å². The summed E-state index contributed by atoms with van der Waals surface area (Å²) in [6.07, 6.45) is 5.16. The van der Waals surface area contributed by atoms with Gasteiger partial charge in [-0.15, -0.1) is 11.8 Å². The van der Waals surface area contributed by atoms with Gasteiger partial charge in [0.2, 0.25) is 0 Å². The summed E-state index contributed by atoms with van der Waals surface area (Å²) < 4.78 is 0. The van der Waals surface area contributed by atoms with Crippen molar-refractivity contribution in [2.75, 3.05) is 5.73 Å². The summed E-state index contributed by atoms with van der Waals surface area (Å²) in [5.41, 5.74) is 11.8. The monoisotopic (exact) mass is 236 g/mol. The summed E-state index contributed by atoms with van der Waals surface area (Å²) in [5.74, 6) is -0.452. The van der Waals surface area contributed by atoms with E-state index in [1.165, 1.54) is 25.7 Å². The fourth-order valence-corrected chi connectivity index (χ4v) is 3.31. The molecule has 0 aromatic heterocycles. The highest BCUT2D eigenvalue weighted by Gasteiger charge is 2.17. The van der Waals surface area contributed by atoms with Crippen molar-refractivity contribution >= 4 is 23.4 Å². The first-order valence-electron chi connectivity index (χ1n) is 5.53. The van der Waals surface area contributed by atoms with Crippen LogP contribution < -0.4 is 11.5 Å². The number of anilines is 1. The third kappa shape index (κ3) is 2.50. The molecule has 0 saturated heterocycles. The number of thioether (sulfide) groups is 1. The Morgan fingerprint density at radius 1 is 1.31 bits per heavy atom. The van der Waals surface area contributed by atoms with Gasteiger partial charge in [-0.25, -0.2) is 0 Å². The second-order valence-corrected chi connectivity index (χ2v) is 5.51. The zero-order chi connectivity index (χ0) is 11.5. The average Bonchev–Trinajstić information content (AvgIpc) is 2.73. The van der Waals surface area contributed by atoms with Gasteiger partial charge >= 0.3 is 0 Å². The summed E-state index contributed by atoms with van der Waals surface area (Å²) in [4.78, 5) is 12.2. The normalized spacial score (nSPS) is 16.5. The number of rotatable bonds is 3. The number of carbonyl (C=O) groups is 1. The molecule has 0 unspecified atom stereocenters. The van der Waals surface area contributed by atoms with Gasteiger partial charge in [-0.05, 0) is 31.0 Å². The van der Waals surface area contributed by atoms with E-state index in [0.717, 1.165) is 4.90 Å². The first kappa shape index (κ1) is 11.3. The van der Waals surface area contributed by atoms with Crippen LogP contribution in [-0.4, -0.2) is 11.2 Å². The highest BCUT2D eigenvalue weighted by atomic mass is 32.2. The molecule has 1 aliphatic carbocycles. The van der Waals surface area contributed by atoms with Crippen molar-refractivity contribution in [3.05, 3.63) is 23.8 Å². The van der Waals surface area contributed by atoms with E-state index < -0.39 is 5.91 Å². The van der Waals surface area contributed by atoms with Crippen LogP contribution in [0.5, 0.6) is 0 Å². The second-order valence-electron chi connectivity index (χ2n) is 4.14. The van der Waals surface area contributed by atoms with Gasteiger partial charge in [0, 0.05) is 15.8 Å². The smallest absolute Gasteiger partial charge is 0.250 e. The number of carbonyl (C=O) groups excluding carboxylic acids is 1. The van der Waals surface area contributed by atoms with E-state index in [-0.39, 0.29) is 0 Å². The molecule has 1 amide bonds. The van der Waals surface area contributed by atoms with Crippen molar-refractivity contribution < 1.29 is 4.79 Å². The molecule has 2 rings (SSSR count). The molecule has 16 heavy (non-hydrogen) atoms. The molecule has 4 heteroatoms. The van der Waals surface area contributed by atoms with Crippen molar-refractivity contribution in [3.63, 3.8) is 0 Å². The number of nitrogens with two attached hydrogens (primary N) is 2. The molecule has 0 bridgehead atoms. The predicted octanol–water partition coefficient (Wildman–Crippen LogP) is 2.40. The fraction of sp³-hybridized carbons (Fsp3) is 0.417. The molecule has 1 saturated carbocycles. The van der Waals surface area contributed by atoms with Crippen LogP contribution in [0.3, 0.4) is 0 Å². The molecule has 4 N–H and O–H groups in total. The van der Waals surface area contributed by atoms with Gasteiger partial charge in [0.1, 0.15) is 0 Å². The molecule has 3 nitrogen and oxygen atoms in total. The van der Waals surface area contributed by atoms with Gasteiger partial charge in [-0.1, -0.05) is 12.8 Å². The van der Waals surface area contributed by atoms with Crippen LogP contribution in [0.2, 0.25) is 0 Å². The highest BCUT2D eigenvalue weighted by Crippen LogP contribution is 2.35. The quantitative estimate of drug-likeness (QED) is 0.792. The molecule has 0 aliphatic heterocycles. The average molecular weight is 236 g/mol. The highest BCUT2D eigenvalue weighted by molar-refractivity contribution is 8.00. The Bertz CT molecular complexity index is 400. The summed E-state index contributed by atoms with van der Waals surface area (Å²) in [5, 5.41) is 0.685. The lowest BCUT2D eigenvalue weighted by molar-refractivity contribution is 0.100. The second kappa shape index (κ2) is 4.78. The van der Waals surface area contributed by atoms with Gasteiger partial charge in [-0.2, -0.15) is 0 Å². The van der Waals surface area contributed by atoms with Crippen LogP contribution in [0.25, 0.3) is 0 Å². The molecule has 0 spiro atoms. The molecular formula is C12H16N2OS. The van der Waals surface area contributed by atoms with Gasteiger partial charge in [0.05, 0.1) is 5.56 Å². The third-order valence-corrected chi connectivity index (χ3v) is 4.23. The summed E-state index contributed by atoms with van der Waals surface area (Å²) in [6, 6.07) is 5.53.